The van der Waals surface area contributed by atoms with Crippen molar-refractivity contribution in [2.24, 2.45) is 0 Å². The Morgan fingerprint density at radius 2 is 1.67 bits per heavy atom. The summed E-state index contributed by atoms with van der Waals surface area (Å²) in [6, 6.07) is 16.8. The summed E-state index contributed by atoms with van der Waals surface area (Å²) in [6.07, 6.45) is 3.06. The van der Waals surface area contributed by atoms with Crippen LogP contribution in [0.15, 0.2) is 67.0 Å². The number of aromatic nitrogens is 2. The quantitative estimate of drug-likeness (QED) is 0.782. The highest BCUT2D eigenvalue weighted by atomic mass is 16.5. The van der Waals surface area contributed by atoms with Gasteiger partial charge in [-0.25, -0.2) is 14.8 Å². The first-order valence-electron chi connectivity index (χ1n) is 7.57. The summed E-state index contributed by atoms with van der Waals surface area (Å²) in [4.78, 5) is 20.4. The van der Waals surface area contributed by atoms with Crippen LogP contribution in [0.4, 0.5) is 10.5 Å². The van der Waals surface area contributed by atoms with Crippen LogP contribution in [0, 0.1) is 6.92 Å². The fourth-order valence-corrected chi connectivity index (χ4v) is 2.12. The summed E-state index contributed by atoms with van der Waals surface area (Å²) >= 11 is 0. The molecule has 0 aliphatic rings. The molecular formula is C19H17N3O2. The molecule has 120 valence electrons. The lowest BCUT2D eigenvalue weighted by atomic mass is 10.2. The summed E-state index contributed by atoms with van der Waals surface area (Å²) in [7, 11) is 0. The topological polar surface area (TPSA) is 64.1 Å². The van der Waals surface area contributed by atoms with Gasteiger partial charge in [-0.2, -0.15) is 0 Å². The molecule has 0 atom stereocenters. The first-order valence-corrected chi connectivity index (χ1v) is 7.57. The Hall–Kier alpha value is -3.21. The van der Waals surface area contributed by atoms with Gasteiger partial charge in [-0.15, -0.1) is 0 Å². The number of hydrogen-bond acceptors (Lipinski definition) is 4. The molecule has 5 heteroatoms. The third-order valence-corrected chi connectivity index (χ3v) is 3.38. The second-order valence-electron chi connectivity index (χ2n) is 5.35. The van der Waals surface area contributed by atoms with Crippen molar-refractivity contribution in [1.82, 2.24) is 9.97 Å². The lowest BCUT2D eigenvalue weighted by Gasteiger charge is -2.08. The molecule has 0 spiro atoms. The second-order valence-corrected chi connectivity index (χ2v) is 5.35. The normalized spacial score (nSPS) is 10.2. The number of carbonyl (C=O) groups is 1. The van der Waals surface area contributed by atoms with Crippen LogP contribution in [-0.2, 0) is 11.3 Å². The third-order valence-electron chi connectivity index (χ3n) is 3.38. The van der Waals surface area contributed by atoms with Crippen LogP contribution in [0.2, 0.25) is 0 Å². The maximum atomic E-state index is 11.8. The van der Waals surface area contributed by atoms with E-state index in [9.17, 15) is 4.79 Å². The van der Waals surface area contributed by atoms with E-state index in [4.69, 9.17) is 4.74 Å². The smallest absolute Gasteiger partial charge is 0.411 e. The van der Waals surface area contributed by atoms with Crippen molar-refractivity contribution in [1.29, 1.82) is 0 Å². The molecule has 1 aromatic heterocycles. The Morgan fingerprint density at radius 3 is 2.33 bits per heavy atom. The van der Waals surface area contributed by atoms with E-state index in [1.165, 1.54) is 0 Å². The van der Waals surface area contributed by atoms with E-state index < -0.39 is 6.09 Å². The molecule has 0 fully saturated rings. The maximum absolute atomic E-state index is 11.8. The number of nitrogens with zero attached hydrogens (tertiary/aromatic N) is 2. The minimum absolute atomic E-state index is 0.238. The molecule has 0 saturated heterocycles. The van der Waals surface area contributed by atoms with Gasteiger partial charge >= 0.3 is 6.09 Å². The average Bonchev–Trinajstić information content (AvgIpc) is 2.62. The van der Waals surface area contributed by atoms with Gasteiger partial charge in [0.2, 0.25) is 0 Å². The van der Waals surface area contributed by atoms with E-state index in [1.807, 2.05) is 49.4 Å². The van der Waals surface area contributed by atoms with E-state index in [2.05, 4.69) is 15.3 Å². The van der Waals surface area contributed by atoms with E-state index in [-0.39, 0.29) is 6.61 Å². The summed E-state index contributed by atoms with van der Waals surface area (Å²) in [5.41, 5.74) is 3.50. The van der Waals surface area contributed by atoms with Crippen LogP contribution in [0.3, 0.4) is 0 Å². The molecule has 2 aromatic carbocycles. The molecular weight excluding hydrogens is 302 g/mol. The molecule has 1 heterocycles. The zero-order chi connectivity index (χ0) is 16.8. The largest absolute Gasteiger partial charge is 0.444 e. The Labute approximate surface area is 140 Å². The summed E-state index contributed by atoms with van der Waals surface area (Å²) in [5, 5.41) is 2.70. The third kappa shape index (κ3) is 4.16. The van der Waals surface area contributed by atoms with Crippen molar-refractivity contribution < 1.29 is 9.53 Å². The van der Waals surface area contributed by atoms with Gasteiger partial charge in [0.25, 0.3) is 0 Å². The number of amides is 1. The number of carbonyl (C=O) groups excluding carboxylic acids is 1. The highest BCUT2D eigenvalue weighted by Gasteiger charge is 2.05. The SMILES string of the molecule is Cc1cnc(-c2ccc(NC(=O)OCc3ccccc3)cc2)nc1. The molecule has 0 aliphatic heterocycles. The number of hydrogen-bond donors (Lipinski definition) is 1. The van der Waals surface area contributed by atoms with Crippen molar-refractivity contribution in [3.05, 3.63) is 78.1 Å². The van der Waals surface area contributed by atoms with Crippen LogP contribution in [0.5, 0.6) is 0 Å². The fraction of sp³-hybridized carbons (Fsp3) is 0.105. The van der Waals surface area contributed by atoms with Gasteiger partial charge in [-0.05, 0) is 42.3 Å². The van der Waals surface area contributed by atoms with Crippen LogP contribution >= 0.6 is 0 Å². The number of rotatable bonds is 4. The minimum atomic E-state index is -0.488. The molecule has 0 radical (unpaired) electrons. The predicted molar refractivity (Wildman–Crippen MR) is 92.5 cm³/mol. The lowest BCUT2D eigenvalue weighted by molar-refractivity contribution is 0.155. The zero-order valence-electron chi connectivity index (χ0n) is 13.3. The van der Waals surface area contributed by atoms with Crippen LogP contribution in [-0.4, -0.2) is 16.1 Å². The van der Waals surface area contributed by atoms with Crippen LogP contribution in [0.1, 0.15) is 11.1 Å². The molecule has 0 unspecified atom stereocenters. The number of benzene rings is 2. The molecule has 0 bridgehead atoms. The molecule has 3 aromatic rings. The molecule has 24 heavy (non-hydrogen) atoms. The van der Waals surface area contributed by atoms with Gasteiger partial charge < -0.3 is 4.74 Å². The van der Waals surface area contributed by atoms with E-state index in [0.717, 1.165) is 16.7 Å². The number of ether oxygens (including phenoxy) is 1. The van der Waals surface area contributed by atoms with Crippen molar-refractivity contribution in [2.45, 2.75) is 13.5 Å². The zero-order valence-corrected chi connectivity index (χ0v) is 13.3. The number of anilines is 1. The standard InChI is InChI=1S/C19H17N3O2/c1-14-11-20-18(21-12-14)16-7-9-17(10-8-16)22-19(23)24-13-15-5-3-2-4-6-15/h2-12H,13H2,1H3,(H,22,23). The van der Waals surface area contributed by atoms with Crippen molar-refractivity contribution in [3.63, 3.8) is 0 Å². The van der Waals surface area contributed by atoms with Gasteiger partial charge in [-0.3, -0.25) is 5.32 Å². The summed E-state index contributed by atoms with van der Waals surface area (Å²) in [5.74, 6) is 0.652. The number of aryl methyl sites for hydroxylation is 1. The molecule has 3 rings (SSSR count). The van der Waals surface area contributed by atoms with Crippen LogP contribution in [0.25, 0.3) is 11.4 Å². The Morgan fingerprint density at radius 1 is 1.00 bits per heavy atom. The van der Waals surface area contributed by atoms with E-state index >= 15 is 0 Å². The minimum Gasteiger partial charge on any atom is -0.444 e. The average molecular weight is 319 g/mol. The highest BCUT2D eigenvalue weighted by molar-refractivity contribution is 5.84. The predicted octanol–water partition coefficient (Wildman–Crippen LogP) is 4.20. The molecule has 0 saturated carbocycles. The molecule has 0 aliphatic carbocycles. The summed E-state index contributed by atoms with van der Waals surface area (Å²) in [6.45, 7) is 2.18. The fourth-order valence-electron chi connectivity index (χ4n) is 2.12. The van der Waals surface area contributed by atoms with Gasteiger partial charge in [-0.1, -0.05) is 30.3 Å². The maximum Gasteiger partial charge on any atom is 0.411 e. The van der Waals surface area contributed by atoms with Gasteiger partial charge in [0.15, 0.2) is 5.82 Å². The van der Waals surface area contributed by atoms with E-state index in [0.29, 0.717) is 11.5 Å². The molecule has 1 N–H and O–H groups in total. The Kier molecular flexibility index (Phi) is 4.81. The number of nitrogens with one attached hydrogen (secondary N) is 1. The van der Waals surface area contributed by atoms with Crippen LogP contribution < -0.4 is 5.32 Å². The lowest BCUT2D eigenvalue weighted by Crippen LogP contribution is -2.13. The molecule has 1 amide bonds. The van der Waals surface area contributed by atoms with Crippen molar-refractivity contribution in [2.75, 3.05) is 5.32 Å². The first-order chi connectivity index (χ1) is 11.7. The van der Waals surface area contributed by atoms with Crippen molar-refractivity contribution in [3.8, 4) is 11.4 Å². The first kappa shape index (κ1) is 15.7. The monoisotopic (exact) mass is 319 g/mol. The molecule has 5 nitrogen and oxygen atoms in total. The van der Waals surface area contributed by atoms with Gasteiger partial charge in [0.05, 0.1) is 0 Å². The Balaban J connectivity index is 1.57. The van der Waals surface area contributed by atoms with Crippen molar-refractivity contribution >= 4 is 11.8 Å². The highest BCUT2D eigenvalue weighted by Crippen LogP contribution is 2.18. The van der Waals surface area contributed by atoms with Gasteiger partial charge in [0.1, 0.15) is 6.61 Å². The Bertz CT molecular complexity index is 800. The summed E-state index contributed by atoms with van der Waals surface area (Å²) < 4.78 is 5.19. The second kappa shape index (κ2) is 7.37. The van der Waals surface area contributed by atoms with Gasteiger partial charge in [0, 0.05) is 23.6 Å². The van der Waals surface area contributed by atoms with E-state index in [1.54, 1.807) is 24.5 Å².